The van der Waals surface area contributed by atoms with E-state index >= 15 is 0 Å². The summed E-state index contributed by atoms with van der Waals surface area (Å²) in [5, 5.41) is 7.51. The molecule has 0 amide bonds. The van der Waals surface area contributed by atoms with Gasteiger partial charge in [-0.3, -0.25) is 9.59 Å². The van der Waals surface area contributed by atoms with E-state index in [0.29, 0.717) is 5.56 Å². The molecule has 0 aliphatic heterocycles. The average Bonchev–Trinajstić information content (AvgIpc) is 2.78. The first-order chi connectivity index (χ1) is 15.9. The summed E-state index contributed by atoms with van der Waals surface area (Å²) in [4.78, 5) is 34.2. The summed E-state index contributed by atoms with van der Waals surface area (Å²) < 4.78 is 40.8. The summed E-state index contributed by atoms with van der Waals surface area (Å²) in [6, 6.07) is 9.27. The molecule has 0 N–H and O–H groups in total. The number of carbonyl (C=O) groups is 3. The van der Waals surface area contributed by atoms with Crippen molar-refractivity contribution in [3.63, 3.8) is 0 Å². The zero-order valence-electron chi connectivity index (χ0n) is 17.4. The standard InChI is InChI=1S/C23H20F2N2O6/c1-2-21(28)31-9-10-32-22(29)7-8-23(30)33-20-5-3-16(4-6-20)14-26-27-15-17-11-18(24)13-19(25)12-17/h2-6,11-15H,1,7-10H2. The second-order valence-electron chi connectivity index (χ2n) is 6.33. The van der Waals surface area contributed by atoms with Gasteiger partial charge in [0.05, 0.1) is 25.3 Å². The quantitative estimate of drug-likeness (QED) is 0.128. The predicted molar refractivity (Wildman–Crippen MR) is 115 cm³/mol. The molecular formula is C23H20F2N2O6. The molecule has 0 radical (unpaired) electrons. The number of halogens is 2. The molecule has 0 bridgehead atoms. The van der Waals surface area contributed by atoms with Gasteiger partial charge in [-0.15, -0.1) is 0 Å². The van der Waals surface area contributed by atoms with Crippen molar-refractivity contribution in [3.05, 3.63) is 77.9 Å². The molecule has 2 aromatic carbocycles. The minimum atomic E-state index is -0.714. The maximum atomic E-state index is 13.1. The van der Waals surface area contributed by atoms with Crippen molar-refractivity contribution in [1.82, 2.24) is 0 Å². The van der Waals surface area contributed by atoms with Crippen LogP contribution in [-0.2, 0) is 23.9 Å². The topological polar surface area (TPSA) is 104 Å². The minimum absolute atomic E-state index is 0.106. The Morgan fingerprint density at radius 1 is 0.818 bits per heavy atom. The molecule has 0 unspecified atom stereocenters. The lowest BCUT2D eigenvalue weighted by Gasteiger charge is -2.06. The minimum Gasteiger partial charge on any atom is -0.462 e. The van der Waals surface area contributed by atoms with E-state index in [9.17, 15) is 23.2 Å². The Kier molecular flexibility index (Phi) is 10.1. The van der Waals surface area contributed by atoms with E-state index < -0.39 is 29.5 Å². The average molecular weight is 458 g/mol. The predicted octanol–water partition coefficient (Wildman–Crippen LogP) is 3.38. The van der Waals surface area contributed by atoms with Gasteiger partial charge in [0.25, 0.3) is 0 Å². The highest BCUT2D eigenvalue weighted by molar-refractivity contribution is 5.83. The molecule has 172 valence electrons. The van der Waals surface area contributed by atoms with Gasteiger partial charge in [-0.25, -0.2) is 13.6 Å². The van der Waals surface area contributed by atoms with Crippen molar-refractivity contribution < 1.29 is 37.4 Å². The lowest BCUT2D eigenvalue weighted by molar-refractivity contribution is -0.151. The summed E-state index contributed by atoms with van der Waals surface area (Å²) in [6.07, 6.45) is 3.22. The molecule has 0 saturated carbocycles. The highest BCUT2D eigenvalue weighted by Crippen LogP contribution is 2.13. The van der Waals surface area contributed by atoms with Gasteiger partial charge in [0, 0.05) is 17.7 Å². The van der Waals surface area contributed by atoms with Crippen LogP contribution in [-0.4, -0.2) is 43.6 Å². The fourth-order valence-corrected chi connectivity index (χ4v) is 2.29. The van der Waals surface area contributed by atoms with Gasteiger partial charge in [-0.05, 0) is 42.0 Å². The fraction of sp³-hybridized carbons (Fsp3) is 0.174. The fourth-order valence-electron chi connectivity index (χ4n) is 2.29. The molecule has 10 heteroatoms. The lowest BCUT2D eigenvalue weighted by Crippen LogP contribution is -2.15. The molecule has 8 nitrogen and oxygen atoms in total. The van der Waals surface area contributed by atoms with Gasteiger partial charge >= 0.3 is 17.9 Å². The molecule has 0 aromatic heterocycles. The number of rotatable bonds is 11. The summed E-state index contributed by atoms with van der Waals surface area (Å²) in [5.74, 6) is -3.04. The molecular weight excluding hydrogens is 438 g/mol. The number of hydrogen-bond acceptors (Lipinski definition) is 8. The summed E-state index contributed by atoms with van der Waals surface area (Å²) >= 11 is 0. The van der Waals surface area contributed by atoms with Gasteiger partial charge < -0.3 is 14.2 Å². The number of nitrogens with zero attached hydrogens (tertiary/aromatic N) is 2. The largest absolute Gasteiger partial charge is 0.462 e. The summed E-state index contributed by atoms with van der Waals surface area (Å²) in [5.41, 5.74) is 0.866. The Morgan fingerprint density at radius 3 is 2.03 bits per heavy atom. The molecule has 2 rings (SSSR count). The first-order valence-corrected chi connectivity index (χ1v) is 9.64. The first kappa shape index (κ1) is 25.1. The van der Waals surface area contributed by atoms with Crippen molar-refractivity contribution in [1.29, 1.82) is 0 Å². The molecule has 0 heterocycles. The van der Waals surface area contributed by atoms with Crippen LogP contribution in [0, 0.1) is 11.6 Å². The number of benzene rings is 2. The molecule has 0 aliphatic rings. The van der Waals surface area contributed by atoms with Crippen LogP contribution in [0.3, 0.4) is 0 Å². The number of ether oxygens (including phenoxy) is 3. The first-order valence-electron chi connectivity index (χ1n) is 9.64. The Hall–Kier alpha value is -4.21. The van der Waals surface area contributed by atoms with Crippen LogP contribution in [0.5, 0.6) is 5.75 Å². The molecule has 0 atom stereocenters. The molecule has 2 aromatic rings. The van der Waals surface area contributed by atoms with E-state index in [-0.39, 0.29) is 37.4 Å². The van der Waals surface area contributed by atoms with E-state index in [2.05, 4.69) is 21.5 Å². The Bertz CT molecular complexity index is 1030. The summed E-state index contributed by atoms with van der Waals surface area (Å²) in [7, 11) is 0. The van der Waals surface area contributed by atoms with Crippen LogP contribution in [0.25, 0.3) is 0 Å². The SMILES string of the molecule is C=CC(=O)OCCOC(=O)CCC(=O)Oc1ccc(C=NN=Cc2cc(F)cc(F)c2)cc1. The molecule has 0 fully saturated rings. The third-order valence-corrected chi connectivity index (χ3v) is 3.77. The number of hydrogen-bond donors (Lipinski definition) is 0. The third kappa shape index (κ3) is 10.1. The summed E-state index contributed by atoms with van der Waals surface area (Å²) in [6.45, 7) is 3.00. The normalized spacial score (nSPS) is 10.8. The van der Waals surface area contributed by atoms with Crippen LogP contribution in [0.1, 0.15) is 24.0 Å². The van der Waals surface area contributed by atoms with Crippen molar-refractivity contribution in [3.8, 4) is 5.75 Å². The molecule has 0 aliphatic carbocycles. The van der Waals surface area contributed by atoms with Gasteiger partial charge in [0.1, 0.15) is 30.6 Å². The van der Waals surface area contributed by atoms with E-state index in [1.807, 2.05) is 0 Å². The second-order valence-corrected chi connectivity index (χ2v) is 6.33. The van der Waals surface area contributed by atoms with Crippen molar-refractivity contribution >= 4 is 30.3 Å². The second kappa shape index (κ2) is 13.3. The van der Waals surface area contributed by atoms with Crippen LogP contribution < -0.4 is 4.74 Å². The third-order valence-electron chi connectivity index (χ3n) is 3.77. The van der Waals surface area contributed by atoms with E-state index in [1.165, 1.54) is 24.6 Å². The van der Waals surface area contributed by atoms with Crippen LogP contribution in [0.15, 0.2) is 65.3 Å². The zero-order valence-corrected chi connectivity index (χ0v) is 17.4. The maximum absolute atomic E-state index is 13.1. The van der Waals surface area contributed by atoms with Crippen LogP contribution >= 0.6 is 0 Å². The van der Waals surface area contributed by atoms with Crippen molar-refractivity contribution in [2.75, 3.05) is 13.2 Å². The maximum Gasteiger partial charge on any atom is 0.330 e. The highest BCUT2D eigenvalue weighted by Gasteiger charge is 2.10. The van der Waals surface area contributed by atoms with Crippen molar-refractivity contribution in [2.24, 2.45) is 10.2 Å². The van der Waals surface area contributed by atoms with Gasteiger partial charge in [0.15, 0.2) is 0 Å². The van der Waals surface area contributed by atoms with Gasteiger partial charge in [-0.2, -0.15) is 10.2 Å². The van der Waals surface area contributed by atoms with E-state index in [4.69, 9.17) is 9.47 Å². The van der Waals surface area contributed by atoms with E-state index in [1.54, 1.807) is 12.1 Å². The monoisotopic (exact) mass is 458 g/mol. The smallest absolute Gasteiger partial charge is 0.330 e. The lowest BCUT2D eigenvalue weighted by atomic mass is 10.2. The van der Waals surface area contributed by atoms with Crippen molar-refractivity contribution in [2.45, 2.75) is 12.8 Å². The Labute approximate surface area is 188 Å². The highest BCUT2D eigenvalue weighted by atomic mass is 19.1. The van der Waals surface area contributed by atoms with Gasteiger partial charge in [-0.1, -0.05) is 6.58 Å². The Balaban J connectivity index is 1.72. The molecule has 0 saturated heterocycles. The van der Waals surface area contributed by atoms with Crippen LogP contribution in [0.2, 0.25) is 0 Å². The van der Waals surface area contributed by atoms with E-state index in [0.717, 1.165) is 24.3 Å². The Morgan fingerprint density at radius 2 is 1.39 bits per heavy atom. The molecule has 0 spiro atoms. The van der Waals surface area contributed by atoms with Gasteiger partial charge in [0.2, 0.25) is 0 Å². The zero-order chi connectivity index (χ0) is 24.1. The molecule has 33 heavy (non-hydrogen) atoms. The number of esters is 3. The van der Waals surface area contributed by atoms with Crippen LogP contribution in [0.4, 0.5) is 8.78 Å². The number of carbonyl (C=O) groups excluding carboxylic acids is 3.